The summed E-state index contributed by atoms with van der Waals surface area (Å²) in [5.41, 5.74) is 3.44. The molecule has 1 aromatic rings. The van der Waals surface area contributed by atoms with Crippen molar-refractivity contribution < 1.29 is 0 Å². The second-order valence-corrected chi connectivity index (χ2v) is 7.74. The van der Waals surface area contributed by atoms with Crippen molar-refractivity contribution in [3.05, 3.63) is 35.4 Å². The minimum atomic E-state index is 0.516. The first-order valence-electron chi connectivity index (χ1n) is 8.71. The first-order valence-corrected chi connectivity index (χ1v) is 8.71. The van der Waals surface area contributed by atoms with Gasteiger partial charge in [-0.2, -0.15) is 0 Å². The van der Waals surface area contributed by atoms with Crippen LogP contribution in [-0.4, -0.2) is 36.6 Å². The molecule has 3 fully saturated rings. The van der Waals surface area contributed by atoms with Crippen LogP contribution < -0.4 is 5.32 Å². The highest BCUT2D eigenvalue weighted by Crippen LogP contribution is 2.52. The zero-order chi connectivity index (χ0) is 14.4. The van der Waals surface area contributed by atoms with Crippen molar-refractivity contribution in [3.63, 3.8) is 0 Å². The van der Waals surface area contributed by atoms with Gasteiger partial charge in [-0.05, 0) is 57.1 Å². The maximum Gasteiger partial charge on any atom is 0.00994 e. The Morgan fingerprint density at radius 2 is 1.95 bits per heavy atom. The van der Waals surface area contributed by atoms with Gasteiger partial charge in [-0.3, -0.25) is 4.90 Å². The Hall–Kier alpha value is -0.860. The molecule has 2 saturated heterocycles. The van der Waals surface area contributed by atoms with Crippen LogP contribution in [-0.2, 0) is 0 Å². The van der Waals surface area contributed by atoms with E-state index in [1.54, 1.807) is 5.56 Å². The molecule has 2 heterocycles. The van der Waals surface area contributed by atoms with Crippen molar-refractivity contribution in [2.24, 2.45) is 5.41 Å². The van der Waals surface area contributed by atoms with Gasteiger partial charge in [0.15, 0.2) is 0 Å². The summed E-state index contributed by atoms with van der Waals surface area (Å²) < 4.78 is 0. The van der Waals surface area contributed by atoms with Gasteiger partial charge in [0.25, 0.3) is 0 Å². The Labute approximate surface area is 128 Å². The molecule has 0 bridgehead atoms. The van der Waals surface area contributed by atoms with Crippen molar-refractivity contribution in [1.29, 1.82) is 0 Å². The lowest BCUT2D eigenvalue weighted by molar-refractivity contribution is 0.159. The quantitative estimate of drug-likeness (QED) is 0.896. The van der Waals surface area contributed by atoms with E-state index in [4.69, 9.17) is 0 Å². The monoisotopic (exact) mass is 284 g/mol. The van der Waals surface area contributed by atoms with Crippen LogP contribution in [0.5, 0.6) is 0 Å². The van der Waals surface area contributed by atoms with E-state index in [1.165, 1.54) is 44.3 Å². The highest BCUT2D eigenvalue weighted by Gasteiger charge is 2.51. The molecule has 3 unspecified atom stereocenters. The molecule has 3 aliphatic rings. The van der Waals surface area contributed by atoms with Crippen molar-refractivity contribution in [2.45, 2.75) is 57.5 Å². The first-order chi connectivity index (χ1) is 10.2. The van der Waals surface area contributed by atoms with Crippen LogP contribution in [0.2, 0.25) is 0 Å². The van der Waals surface area contributed by atoms with Gasteiger partial charge in [-0.25, -0.2) is 0 Å². The molecule has 1 spiro atoms. The largest absolute Gasteiger partial charge is 0.316 e. The zero-order valence-electron chi connectivity index (χ0n) is 13.4. The van der Waals surface area contributed by atoms with Gasteiger partial charge in [0.1, 0.15) is 0 Å². The highest BCUT2D eigenvalue weighted by molar-refractivity contribution is 5.28. The molecular weight excluding hydrogens is 256 g/mol. The Morgan fingerprint density at radius 1 is 1.19 bits per heavy atom. The van der Waals surface area contributed by atoms with E-state index in [0.717, 1.165) is 18.6 Å². The van der Waals surface area contributed by atoms with Crippen LogP contribution in [0.25, 0.3) is 0 Å². The molecule has 21 heavy (non-hydrogen) atoms. The Morgan fingerprint density at radius 3 is 2.67 bits per heavy atom. The van der Waals surface area contributed by atoms with Crippen LogP contribution in [0.3, 0.4) is 0 Å². The van der Waals surface area contributed by atoms with E-state index < -0.39 is 0 Å². The Bertz CT molecular complexity index is 505. The summed E-state index contributed by atoms with van der Waals surface area (Å²) in [4.78, 5) is 2.83. The van der Waals surface area contributed by atoms with Crippen molar-refractivity contribution in [1.82, 2.24) is 10.2 Å². The predicted molar refractivity (Wildman–Crippen MR) is 87.6 cm³/mol. The molecule has 2 aliphatic heterocycles. The van der Waals surface area contributed by atoms with E-state index in [9.17, 15) is 0 Å². The van der Waals surface area contributed by atoms with Crippen LogP contribution in [0.1, 0.15) is 49.7 Å². The van der Waals surface area contributed by atoms with Crippen LogP contribution >= 0.6 is 0 Å². The summed E-state index contributed by atoms with van der Waals surface area (Å²) in [5.74, 6) is 0.693. The smallest absolute Gasteiger partial charge is 0.00994 e. The molecule has 3 atom stereocenters. The lowest BCUT2D eigenvalue weighted by Gasteiger charge is -2.42. The predicted octanol–water partition coefficient (Wildman–Crippen LogP) is 3.31. The minimum Gasteiger partial charge on any atom is -0.316 e. The molecule has 0 radical (unpaired) electrons. The third-order valence-corrected chi connectivity index (χ3v) is 6.15. The SMILES string of the molecule is Cc1ccc(C2CNCCC23CC(C)N(C2CC2)C3)cc1. The standard InChI is InChI=1S/C19H28N2/c1-14-3-5-16(6-4-14)18-12-20-10-9-19(18)11-15(2)21(13-19)17-7-8-17/h3-6,15,17-18,20H,7-13H2,1-2H3. The van der Waals surface area contributed by atoms with Crippen LogP contribution in [0.15, 0.2) is 24.3 Å². The van der Waals surface area contributed by atoms with Crippen molar-refractivity contribution in [2.75, 3.05) is 19.6 Å². The average molecular weight is 284 g/mol. The maximum absolute atomic E-state index is 3.66. The van der Waals surface area contributed by atoms with Gasteiger partial charge < -0.3 is 5.32 Å². The third kappa shape index (κ3) is 2.43. The number of nitrogens with one attached hydrogen (secondary N) is 1. The van der Waals surface area contributed by atoms with Crippen molar-refractivity contribution >= 4 is 0 Å². The normalized spacial score (nSPS) is 37.2. The van der Waals surface area contributed by atoms with Gasteiger partial charge in [0.05, 0.1) is 0 Å². The fourth-order valence-corrected chi connectivity index (χ4v) is 4.86. The summed E-state index contributed by atoms with van der Waals surface area (Å²) in [5, 5.41) is 3.66. The lowest BCUT2D eigenvalue weighted by Crippen LogP contribution is -2.45. The molecule has 1 aromatic carbocycles. The molecular formula is C19H28N2. The number of rotatable bonds is 2. The molecule has 1 saturated carbocycles. The molecule has 0 amide bonds. The number of piperidine rings is 1. The second-order valence-electron chi connectivity index (χ2n) is 7.74. The second kappa shape index (κ2) is 5.10. The van der Waals surface area contributed by atoms with E-state index in [-0.39, 0.29) is 0 Å². The molecule has 1 aliphatic carbocycles. The summed E-state index contributed by atoms with van der Waals surface area (Å²) in [6.45, 7) is 8.34. The first kappa shape index (κ1) is 13.8. The van der Waals surface area contributed by atoms with E-state index >= 15 is 0 Å². The van der Waals surface area contributed by atoms with E-state index in [0.29, 0.717) is 11.3 Å². The summed E-state index contributed by atoms with van der Waals surface area (Å²) in [6.07, 6.45) is 5.62. The number of aryl methyl sites for hydroxylation is 1. The van der Waals surface area contributed by atoms with Gasteiger partial charge in [-0.15, -0.1) is 0 Å². The van der Waals surface area contributed by atoms with Gasteiger partial charge >= 0.3 is 0 Å². The maximum atomic E-state index is 3.66. The minimum absolute atomic E-state index is 0.516. The Balaban J connectivity index is 1.63. The van der Waals surface area contributed by atoms with Crippen LogP contribution in [0.4, 0.5) is 0 Å². The lowest BCUT2D eigenvalue weighted by atomic mass is 9.66. The molecule has 2 nitrogen and oxygen atoms in total. The zero-order valence-corrected chi connectivity index (χ0v) is 13.4. The summed E-state index contributed by atoms with van der Waals surface area (Å²) >= 11 is 0. The highest BCUT2D eigenvalue weighted by atomic mass is 15.2. The number of nitrogens with zero attached hydrogens (tertiary/aromatic N) is 1. The summed E-state index contributed by atoms with van der Waals surface area (Å²) in [7, 11) is 0. The van der Waals surface area contributed by atoms with Gasteiger partial charge in [-0.1, -0.05) is 29.8 Å². The third-order valence-electron chi connectivity index (χ3n) is 6.15. The molecule has 114 valence electrons. The fraction of sp³-hybridized carbons (Fsp3) is 0.684. The molecule has 1 N–H and O–H groups in total. The average Bonchev–Trinajstić information content (AvgIpc) is 3.26. The molecule has 0 aromatic heterocycles. The Kier molecular flexibility index (Phi) is 3.35. The topological polar surface area (TPSA) is 15.3 Å². The fourth-order valence-electron chi connectivity index (χ4n) is 4.86. The molecule has 2 heteroatoms. The van der Waals surface area contributed by atoms with Crippen molar-refractivity contribution in [3.8, 4) is 0 Å². The van der Waals surface area contributed by atoms with Gasteiger partial charge in [0.2, 0.25) is 0 Å². The number of hydrogen-bond acceptors (Lipinski definition) is 2. The van der Waals surface area contributed by atoms with Gasteiger partial charge in [0, 0.05) is 31.1 Å². The number of benzene rings is 1. The number of hydrogen-bond donors (Lipinski definition) is 1. The molecule has 4 rings (SSSR count). The van der Waals surface area contributed by atoms with Crippen LogP contribution in [0, 0.1) is 12.3 Å². The van der Waals surface area contributed by atoms with E-state index in [1.807, 2.05) is 0 Å². The number of likely N-dealkylation sites (tertiary alicyclic amines) is 1. The van der Waals surface area contributed by atoms with E-state index in [2.05, 4.69) is 48.3 Å². The summed E-state index contributed by atoms with van der Waals surface area (Å²) in [6, 6.07) is 11.0.